The predicted molar refractivity (Wildman–Crippen MR) is 68.2 cm³/mol. The van der Waals surface area contributed by atoms with Gasteiger partial charge >= 0.3 is 0 Å². The first kappa shape index (κ1) is 12.9. The van der Waals surface area contributed by atoms with Gasteiger partial charge in [-0.05, 0) is 32.1 Å². The lowest BCUT2D eigenvalue weighted by atomic mass is 9.78. The van der Waals surface area contributed by atoms with Crippen LogP contribution < -0.4 is 0 Å². The number of alkyl halides is 1. The summed E-state index contributed by atoms with van der Waals surface area (Å²) < 4.78 is 5.78. The van der Waals surface area contributed by atoms with Crippen LogP contribution in [0.3, 0.4) is 0 Å². The van der Waals surface area contributed by atoms with Gasteiger partial charge in [-0.2, -0.15) is 0 Å². The molecule has 1 aliphatic carbocycles. The van der Waals surface area contributed by atoms with Crippen LogP contribution in [0.25, 0.3) is 0 Å². The molecular weight excluding hydrogens is 236 g/mol. The molecule has 1 aromatic heterocycles. The summed E-state index contributed by atoms with van der Waals surface area (Å²) in [5.74, 6) is 2.01. The van der Waals surface area contributed by atoms with Crippen molar-refractivity contribution in [2.45, 2.75) is 63.7 Å². The van der Waals surface area contributed by atoms with E-state index < -0.39 is 0 Å². The summed E-state index contributed by atoms with van der Waals surface area (Å²) in [6.45, 7) is 6.37. The molecule has 0 bridgehead atoms. The Labute approximate surface area is 108 Å². The third kappa shape index (κ3) is 2.65. The number of hydrogen-bond acceptors (Lipinski definition) is 3. The van der Waals surface area contributed by atoms with E-state index in [0.717, 1.165) is 12.3 Å². The first-order valence-corrected chi connectivity index (χ1v) is 6.95. The lowest BCUT2D eigenvalue weighted by molar-refractivity contribution is 0.267. The van der Waals surface area contributed by atoms with Gasteiger partial charge in [-0.15, -0.1) is 21.8 Å². The SMILES string of the molecule is CC(C)CC1(c2nnc(C(C)Cl)o2)CCCC1. The van der Waals surface area contributed by atoms with Crippen LogP contribution in [0.1, 0.15) is 70.0 Å². The number of hydrogen-bond donors (Lipinski definition) is 0. The molecule has 1 fully saturated rings. The number of nitrogens with zero attached hydrogens (tertiary/aromatic N) is 2. The van der Waals surface area contributed by atoms with E-state index in [1.54, 1.807) is 0 Å². The lowest BCUT2D eigenvalue weighted by Crippen LogP contribution is -2.24. The third-order valence-electron chi connectivity index (χ3n) is 3.59. The van der Waals surface area contributed by atoms with Crippen LogP contribution in [-0.4, -0.2) is 10.2 Å². The van der Waals surface area contributed by atoms with Crippen LogP contribution in [0, 0.1) is 5.92 Å². The molecule has 0 N–H and O–H groups in total. The largest absolute Gasteiger partial charge is 0.423 e. The minimum absolute atomic E-state index is 0.116. The van der Waals surface area contributed by atoms with Gasteiger partial charge in [0.1, 0.15) is 5.38 Å². The van der Waals surface area contributed by atoms with Crippen LogP contribution >= 0.6 is 11.6 Å². The van der Waals surface area contributed by atoms with Gasteiger partial charge in [0.15, 0.2) is 0 Å². The average Bonchev–Trinajstić information content (AvgIpc) is 2.83. The molecular formula is C13H21ClN2O. The maximum absolute atomic E-state index is 5.98. The van der Waals surface area contributed by atoms with E-state index in [1.165, 1.54) is 25.7 Å². The molecule has 0 radical (unpaired) electrons. The van der Waals surface area contributed by atoms with Crippen LogP contribution in [0.5, 0.6) is 0 Å². The highest BCUT2D eigenvalue weighted by Gasteiger charge is 2.41. The molecule has 96 valence electrons. The summed E-state index contributed by atoms with van der Waals surface area (Å²) in [7, 11) is 0. The van der Waals surface area contributed by atoms with Crippen molar-refractivity contribution >= 4 is 11.6 Å². The summed E-state index contributed by atoms with van der Waals surface area (Å²) in [5, 5.41) is 8.11. The Balaban J connectivity index is 2.25. The highest BCUT2D eigenvalue weighted by Crippen LogP contribution is 2.45. The van der Waals surface area contributed by atoms with Crippen molar-refractivity contribution in [3.8, 4) is 0 Å². The van der Waals surface area contributed by atoms with Crippen LogP contribution in [-0.2, 0) is 5.41 Å². The standard InChI is InChI=1S/C13H21ClN2O/c1-9(2)8-13(6-4-5-7-13)12-16-15-11(17-12)10(3)14/h9-10H,4-8H2,1-3H3. The van der Waals surface area contributed by atoms with Gasteiger partial charge in [-0.1, -0.05) is 26.7 Å². The Hall–Kier alpha value is -0.570. The van der Waals surface area contributed by atoms with Crippen LogP contribution in [0.2, 0.25) is 0 Å². The number of aromatic nitrogens is 2. The van der Waals surface area contributed by atoms with Crippen molar-refractivity contribution in [2.24, 2.45) is 5.92 Å². The lowest BCUT2D eigenvalue weighted by Gasteiger charge is -2.26. The Morgan fingerprint density at radius 1 is 1.24 bits per heavy atom. The topological polar surface area (TPSA) is 38.9 Å². The second-order valence-corrected chi connectivity index (χ2v) is 6.30. The molecule has 0 amide bonds. The Kier molecular flexibility index (Phi) is 3.76. The molecule has 1 unspecified atom stereocenters. The van der Waals surface area contributed by atoms with E-state index in [2.05, 4.69) is 24.0 Å². The van der Waals surface area contributed by atoms with Crippen molar-refractivity contribution in [2.75, 3.05) is 0 Å². The summed E-state index contributed by atoms with van der Waals surface area (Å²) in [5.41, 5.74) is 0.116. The zero-order valence-corrected chi connectivity index (χ0v) is 11.6. The van der Waals surface area contributed by atoms with Crippen molar-refractivity contribution < 1.29 is 4.42 Å². The minimum Gasteiger partial charge on any atom is -0.423 e. The van der Waals surface area contributed by atoms with Gasteiger partial charge in [0, 0.05) is 5.41 Å². The van der Waals surface area contributed by atoms with E-state index in [1.807, 2.05) is 6.92 Å². The summed E-state index contributed by atoms with van der Waals surface area (Å²) in [6, 6.07) is 0. The molecule has 1 atom stereocenters. The number of rotatable bonds is 4. The highest BCUT2D eigenvalue weighted by molar-refractivity contribution is 6.20. The molecule has 0 spiro atoms. The van der Waals surface area contributed by atoms with E-state index in [-0.39, 0.29) is 10.8 Å². The van der Waals surface area contributed by atoms with Gasteiger partial charge in [-0.25, -0.2) is 0 Å². The fourth-order valence-electron chi connectivity index (χ4n) is 2.95. The molecule has 2 rings (SSSR count). The Morgan fingerprint density at radius 3 is 2.35 bits per heavy atom. The first-order valence-electron chi connectivity index (χ1n) is 6.51. The predicted octanol–water partition coefficient (Wildman–Crippen LogP) is 4.23. The number of halogens is 1. The Morgan fingerprint density at radius 2 is 1.88 bits per heavy atom. The van der Waals surface area contributed by atoms with Crippen molar-refractivity contribution in [1.29, 1.82) is 0 Å². The van der Waals surface area contributed by atoms with Gasteiger partial charge in [0.05, 0.1) is 0 Å². The normalized spacial score (nSPS) is 21.0. The van der Waals surface area contributed by atoms with Crippen molar-refractivity contribution in [3.63, 3.8) is 0 Å². The van der Waals surface area contributed by atoms with Gasteiger partial charge in [0.2, 0.25) is 11.8 Å². The van der Waals surface area contributed by atoms with E-state index in [4.69, 9.17) is 16.0 Å². The van der Waals surface area contributed by atoms with Gasteiger partial charge in [-0.3, -0.25) is 0 Å². The smallest absolute Gasteiger partial charge is 0.234 e. The molecule has 1 saturated carbocycles. The van der Waals surface area contributed by atoms with Gasteiger partial charge < -0.3 is 4.42 Å². The summed E-state index contributed by atoms with van der Waals surface area (Å²) >= 11 is 5.98. The maximum Gasteiger partial charge on any atom is 0.234 e. The molecule has 1 heterocycles. The van der Waals surface area contributed by atoms with Crippen molar-refractivity contribution in [1.82, 2.24) is 10.2 Å². The Bertz CT molecular complexity index is 367. The fourth-order valence-corrected chi connectivity index (χ4v) is 3.04. The zero-order valence-electron chi connectivity index (χ0n) is 10.9. The van der Waals surface area contributed by atoms with Crippen molar-refractivity contribution in [3.05, 3.63) is 11.8 Å². The molecule has 1 aromatic rings. The maximum atomic E-state index is 5.98. The summed E-state index contributed by atoms with van der Waals surface area (Å²) in [4.78, 5) is 0. The fraction of sp³-hybridized carbons (Fsp3) is 0.846. The van der Waals surface area contributed by atoms with Crippen LogP contribution in [0.4, 0.5) is 0 Å². The highest BCUT2D eigenvalue weighted by atomic mass is 35.5. The molecule has 0 aliphatic heterocycles. The first-order chi connectivity index (χ1) is 8.03. The van der Waals surface area contributed by atoms with E-state index in [9.17, 15) is 0 Å². The minimum atomic E-state index is -0.200. The molecule has 1 aliphatic rings. The zero-order chi connectivity index (χ0) is 12.5. The summed E-state index contributed by atoms with van der Waals surface area (Å²) in [6.07, 6.45) is 6.00. The quantitative estimate of drug-likeness (QED) is 0.757. The molecule has 0 aromatic carbocycles. The molecule has 0 saturated heterocycles. The molecule has 3 nitrogen and oxygen atoms in total. The second-order valence-electron chi connectivity index (χ2n) is 5.65. The van der Waals surface area contributed by atoms with Crippen LogP contribution in [0.15, 0.2) is 4.42 Å². The average molecular weight is 257 g/mol. The third-order valence-corrected chi connectivity index (χ3v) is 3.78. The van der Waals surface area contributed by atoms with Gasteiger partial charge in [0.25, 0.3) is 0 Å². The second kappa shape index (κ2) is 4.97. The monoisotopic (exact) mass is 256 g/mol. The molecule has 4 heteroatoms. The molecule has 17 heavy (non-hydrogen) atoms. The van der Waals surface area contributed by atoms with E-state index >= 15 is 0 Å². The van der Waals surface area contributed by atoms with E-state index in [0.29, 0.717) is 11.8 Å².